The topological polar surface area (TPSA) is 17.0 Å². The summed E-state index contributed by atoms with van der Waals surface area (Å²) in [5, 5.41) is 4.85. The van der Waals surface area contributed by atoms with Crippen LogP contribution in [0.3, 0.4) is 0 Å². The number of nitrogens with one attached hydrogen (secondary N) is 1. The summed E-state index contributed by atoms with van der Waals surface area (Å²) in [6.45, 7) is 3.30. The van der Waals surface area contributed by atoms with Crippen molar-refractivity contribution in [2.24, 2.45) is 0 Å². The van der Waals surface area contributed by atoms with E-state index in [1.54, 1.807) is 0 Å². The molecule has 0 amide bonds. The minimum atomic E-state index is 1.02. The molecule has 4 rings (SSSR count). The Kier molecular flexibility index (Phi) is 2.30. The van der Waals surface area contributed by atoms with Gasteiger partial charge in [0, 0.05) is 30.2 Å². The van der Waals surface area contributed by atoms with E-state index in [9.17, 15) is 0 Å². The molecule has 18 heavy (non-hydrogen) atoms. The molecule has 0 unspecified atom stereocenters. The maximum atomic E-state index is 3.39. The SMILES string of the molecule is C1=C(c2cn3c4c(cccc24)CCC3)CCNC1. The first kappa shape index (κ1) is 10.4. The number of rotatable bonds is 1. The molecule has 2 nitrogen and oxygen atoms in total. The van der Waals surface area contributed by atoms with Crippen molar-refractivity contribution in [2.45, 2.75) is 25.8 Å². The standard InChI is InChI=1S/C16H18N2/c1-3-13-4-2-10-18-11-15(14(5-1)16(13)18)12-6-8-17-9-7-12/h1,3,5-6,11,17H,2,4,7-10H2. The van der Waals surface area contributed by atoms with Gasteiger partial charge in [0.1, 0.15) is 0 Å². The van der Waals surface area contributed by atoms with Crippen LogP contribution in [0.4, 0.5) is 0 Å². The number of aromatic nitrogens is 1. The highest BCUT2D eigenvalue weighted by atomic mass is 15.0. The van der Waals surface area contributed by atoms with E-state index in [1.165, 1.54) is 47.0 Å². The lowest BCUT2D eigenvalue weighted by molar-refractivity contribution is 0.635. The zero-order chi connectivity index (χ0) is 11.9. The van der Waals surface area contributed by atoms with Crippen LogP contribution in [0.25, 0.3) is 16.5 Å². The third-order valence-corrected chi connectivity index (χ3v) is 4.24. The van der Waals surface area contributed by atoms with E-state index in [2.05, 4.69) is 40.4 Å². The highest BCUT2D eigenvalue weighted by molar-refractivity contribution is 5.95. The normalized spacial score (nSPS) is 19.0. The lowest BCUT2D eigenvalue weighted by Gasteiger charge is -2.14. The predicted molar refractivity (Wildman–Crippen MR) is 75.7 cm³/mol. The first-order chi connectivity index (χ1) is 8.93. The molecule has 0 radical (unpaired) electrons. The van der Waals surface area contributed by atoms with Crippen LogP contribution in [0.15, 0.2) is 30.5 Å². The summed E-state index contributed by atoms with van der Waals surface area (Å²) in [4.78, 5) is 0. The number of hydrogen-bond acceptors (Lipinski definition) is 1. The van der Waals surface area contributed by atoms with Crippen LogP contribution in [0.1, 0.15) is 24.0 Å². The fraction of sp³-hybridized carbons (Fsp3) is 0.375. The van der Waals surface area contributed by atoms with E-state index >= 15 is 0 Å². The van der Waals surface area contributed by atoms with Gasteiger partial charge in [-0.15, -0.1) is 0 Å². The third kappa shape index (κ3) is 1.45. The molecular formula is C16H18N2. The molecule has 3 heterocycles. The Labute approximate surface area is 107 Å². The lowest BCUT2D eigenvalue weighted by atomic mass is 9.97. The zero-order valence-electron chi connectivity index (χ0n) is 10.6. The fourth-order valence-corrected chi connectivity index (χ4v) is 3.38. The van der Waals surface area contributed by atoms with E-state index in [-0.39, 0.29) is 0 Å². The number of para-hydroxylation sites is 1. The summed E-state index contributed by atoms with van der Waals surface area (Å²) >= 11 is 0. The number of nitrogens with zero attached hydrogens (tertiary/aromatic N) is 1. The highest BCUT2D eigenvalue weighted by Crippen LogP contribution is 2.34. The highest BCUT2D eigenvalue weighted by Gasteiger charge is 2.18. The maximum Gasteiger partial charge on any atom is 0.0519 e. The van der Waals surface area contributed by atoms with Gasteiger partial charge in [-0.2, -0.15) is 0 Å². The minimum absolute atomic E-state index is 1.02. The van der Waals surface area contributed by atoms with Crippen LogP contribution in [-0.2, 0) is 13.0 Å². The summed E-state index contributed by atoms with van der Waals surface area (Å²) in [5.41, 5.74) is 6.00. The third-order valence-electron chi connectivity index (χ3n) is 4.24. The fourth-order valence-electron chi connectivity index (χ4n) is 3.38. The molecule has 92 valence electrons. The Hall–Kier alpha value is -1.54. The molecule has 1 aromatic carbocycles. The summed E-state index contributed by atoms with van der Waals surface area (Å²) in [5.74, 6) is 0. The van der Waals surface area contributed by atoms with Crippen LogP contribution in [-0.4, -0.2) is 17.7 Å². The van der Waals surface area contributed by atoms with Crippen LogP contribution < -0.4 is 5.32 Å². The van der Waals surface area contributed by atoms with Gasteiger partial charge in [0.05, 0.1) is 5.52 Å². The summed E-state index contributed by atoms with van der Waals surface area (Å²) in [6, 6.07) is 6.80. The van der Waals surface area contributed by atoms with Crippen molar-refractivity contribution in [1.29, 1.82) is 0 Å². The van der Waals surface area contributed by atoms with Gasteiger partial charge in [0.2, 0.25) is 0 Å². The molecular weight excluding hydrogens is 220 g/mol. The molecule has 0 saturated heterocycles. The van der Waals surface area contributed by atoms with Crippen molar-refractivity contribution in [3.05, 3.63) is 41.6 Å². The van der Waals surface area contributed by atoms with Crippen LogP contribution in [0.2, 0.25) is 0 Å². The van der Waals surface area contributed by atoms with E-state index in [4.69, 9.17) is 0 Å². The molecule has 2 aliphatic rings. The number of aryl methyl sites for hydroxylation is 2. The Morgan fingerprint density at radius 3 is 3.06 bits per heavy atom. The molecule has 2 aliphatic heterocycles. The predicted octanol–water partition coefficient (Wildman–Crippen LogP) is 2.96. The lowest BCUT2D eigenvalue weighted by Crippen LogP contribution is -2.19. The monoisotopic (exact) mass is 238 g/mol. The van der Waals surface area contributed by atoms with Crippen LogP contribution in [0.5, 0.6) is 0 Å². The average molecular weight is 238 g/mol. The molecule has 1 N–H and O–H groups in total. The van der Waals surface area contributed by atoms with Crippen molar-refractivity contribution >= 4 is 16.5 Å². The van der Waals surface area contributed by atoms with Gasteiger partial charge in [0.25, 0.3) is 0 Å². The first-order valence-corrected chi connectivity index (χ1v) is 6.94. The molecule has 2 aromatic rings. The van der Waals surface area contributed by atoms with E-state index in [0.717, 1.165) is 19.5 Å². The van der Waals surface area contributed by atoms with Gasteiger partial charge >= 0.3 is 0 Å². The molecule has 0 atom stereocenters. The molecule has 0 fully saturated rings. The van der Waals surface area contributed by atoms with E-state index in [1.807, 2.05) is 0 Å². The Morgan fingerprint density at radius 2 is 2.17 bits per heavy atom. The molecule has 1 aromatic heterocycles. The summed E-state index contributed by atoms with van der Waals surface area (Å²) < 4.78 is 2.46. The van der Waals surface area contributed by atoms with Crippen molar-refractivity contribution in [2.75, 3.05) is 13.1 Å². The van der Waals surface area contributed by atoms with Gasteiger partial charge in [-0.3, -0.25) is 0 Å². The largest absolute Gasteiger partial charge is 0.347 e. The van der Waals surface area contributed by atoms with Crippen molar-refractivity contribution in [3.8, 4) is 0 Å². The van der Waals surface area contributed by atoms with Gasteiger partial charge < -0.3 is 9.88 Å². The number of benzene rings is 1. The average Bonchev–Trinajstić information content (AvgIpc) is 2.82. The maximum absolute atomic E-state index is 3.39. The van der Waals surface area contributed by atoms with Gasteiger partial charge in [-0.1, -0.05) is 24.3 Å². The molecule has 0 saturated carbocycles. The second-order valence-electron chi connectivity index (χ2n) is 5.34. The molecule has 0 bridgehead atoms. The van der Waals surface area contributed by atoms with Gasteiger partial charge in [-0.25, -0.2) is 0 Å². The first-order valence-electron chi connectivity index (χ1n) is 6.94. The van der Waals surface area contributed by atoms with E-state index in [0.29, 0.717) is 0 Å². The van der Waals surface area contributed by atoms with Crippen LogP contribution in [0, 0.1) is 0 Å². The summed E-state index contributed by atoms with van der Waals surface area (Å²) in [7, 11) is 0. The number of hydrogen-bond donors (Lipinski definition) is 1. The van der Waals surface area contributed by atoms with Gasteiger partial charge in [-0.05, 0) is 36.9 Å². The second kappa shape index (κ2) is 3.99. The van der Waals surface area contributed by atoms with Crippen molar-refractivity contribution in [1.82, 2.24) is 9.88 Å². The van der Waals surface area contributed by atoms with Crippen LogP contribution >= 0.6 is 0 Å². The minimum Gasteiger partial charge on any atom is -0.347 e. The second-order valence-corrected chi connectivity index (χ2v) is 5.34. The Morgan fingerprint density at radius 1 is 1.17 bits per heavy atom. The Bertz CT molecular complexity index is 634. The molecule has 0 spiro atoms. The van der Waals surface area contributed by atoms with Gasteiger partial charge in [0.15, 0.2) is 0 Å². The smallest absolute Gasteiger partial charge is 0.0519 e. The quantitative estimate of drug-likeness (QED) is 0.808. The van der Waals surface area contributed by atoms with E-state index < -0.39 is 0 Å². The van der Waals surface area contributed by atoms with Crippen molar-refractivity contribution in [3.63, 3.8) is 0 Å². The van der Waals surface area contributed by atoms with Crippen molar-refractivity contribution < 1.29 is 0 Å². The zero-order valence-corrected chi connectivity index (χ0v) is 10.6. The Balaban J connectivity index is 1.97. The summed E-state index contributed by atoms with van der Waals surface area (Å²) in [6.07, 6.45) is 8.41. The molecule has 0 aliphatic carbocycles. The molecule has 2 heteroatoms.